The summed E-state index contributed by atoms with van der Waals surface area (Å²) < 4.78 is 10.5. The van der Waals surface area contributed by atoms with Crippen molar-refractivity contribution in [3.8, 4) is 17.2 Å². The van der Waals surface area contributed by atoms with Crippen molar-refractivity contribution in [3.05, 3.63) is 42.5 Å². The molecule has 2 aromatic rings. The van der Waals surface area contributed by atoms with Crippen LogP contribution in [0.25, 0.3) is 0 Å². The van der Waals surface area contributed by atoms with Gasteiger partial charge in [0.2, 0.25) is 0 Å². The quantitative estimate of drug-likeness (QED) is 0.915. The van der Waals surface area contributed by atoms with Gasteiger partial charge in [-0.25, -0.2) is 0 Å². The molecule has 2 rings (SSSR count). The van der Waals surface area contributed by atoms with Crippen molar-refractivity contribution >= 4 is 11.4 Å². The Morgan fingerprint density at radius 2 is 1.42 bits per heavy atom. The number of hydrogen-bond donors (Lipinski definition) is 1. The zero-order valence-electron chi connectivity index (χ0n) is 11.3. The number of nitrogens with zero attached hydrogens (tertiary/aromatic N) is 1. The van der Waals surface area contributed by atoms with Crippen LogP contribution in [0, 0.1) is 0 Å². The molecule has 0 saturated heterocycles. The summed E-state index contributed by atoms with van der Waals surface area (Å²) in [4.78, 5) is 2.00. The molecule has 0 amide bonds. The lowest BCUT2D eigenvalue weighted by Gasteiger charge is -2.21. The van der Waals surface area contributed by atoms with Gasteiger partial charge in [0.1, 0.15) is 5.75 Å². The van der Waals surface area contributed by atoms with E-state index in [1.165, 1.54) is 0 Å². The maximum Gasteiger partial charge on any atom is 0.162 e. The Kier molecular flexibility index (Phi) is 3.80. The Morgan fingerprint density at radius 1 is 0.842 bits per heavy atom. The van der Waals surface area contributed by atoms with Crippen LogP contribution in [0.5, 0.6) is 17.2 Å². The standard InChI is InChI=1S/C15H17NO3/c1-16(11-4-7-13(17)8-5-11)12-6-9-14(18-2)15(10-12)19-3/h4-10,17H,1-3H3. The average Bonchev–Trinajstić information content (AvgIpc) is 2.46. The lowest BCUT2D eigenvalue weighted by Crippen LogP contribution is -2.09. The second kappa shape index (κ2) is 5.52. The van der Waals surface area contributed by atoms with Gasteiger partial charge in [-0.3, -0.25) is 0 Å². The molecule has 0 heterocycles. The summed E-state index contributed by atoms with van der Waals surface area (Å²) in [5.41, 5.74) is 1.95. The van der Waals surface area contributed by atoms with Gasteiger partial charge >= 0.3 is 0 Å². The van der Waals surface area contributed by atoms with Crippen LogP contribution in [0.4, 0.5) is 11.4 Å². The molecule has 0 saturated carbocycles. The van der Waals surface area contributed by atoms with Crippen molar-refractivity contribution in [1.82, 2.24) is 0 Å². The van der Waals surface area contributed by atoms with E-state index in [1.54, 1.807) is 26.4 Å². The summed E-state index contributed by atoms with van der Waals surface area (Å²) in [7, 11) is 5.18. The summed E-state index contributed by atoms with van der Waals surface area (Å²) in [6.45, 7) is 0. The number of methoxy groups -OCH3 is 2. The van der Waals surface area contributed by atoms with Gasteiger partial charge in [0.15, 0.2) is 11.5 Å². The van der Waals surface area contributed by atoms with Crippen LogP contribution in [0.2, 0.25) is 0 Å². The summed E-state index contributed by atoms with van der Waals surface area (Å²) in [6, 6.07) is 12.8. The predicted molar refractivity (Wildman–Crippen MR) is 75.7 cm³/mol. The SMILES string of the molecule is COc1ccc(N(C)c2ccc(O)cc2)cc1OC. The normalized spacial score (nSPS) is 10.1. The first-order chi connectivity index (χ1) is 9.15. The molecule has 100 valence electrons. The van der Waals surface area contributed by atoms with Gasteiger partial charge in [0.25, 0.3) is 0 Å². The number of benzene rings is 2. The Labute approximate surface area is 112 Å². The number of phenols is 1. The molecule has 0 radical (unpaired) electrons. The maximum atomic E-state index is 9.30. The van der Waals surface area contributed by atoms with E-state index < -0.39 is 0 Å². The van der Waals surface area contributed by atoms with Crippen molar-refractivity contribution in [2.45, 2.75) is 0 Å². The van der Waals surface area contributed by atoms with Crippen molar-refractivity contribution < 1.29 is 14.6 Å². The van der Waals surface area contributed by atoms with Crippen LogP contribution in [0.1, 0.15) is 0 Å². The van der Waals surface area contributed by atoms with Gasteiger partial charge in [-0.2, -0.15) is 0 Å². The number of aromatic hydroxyl groups is 1. The lowest BCUT2D eigenvalue weighted by atomic mass is 10.2. The van der Waals surface area contributed by atoms with E-state index in [9.17, 15) is 5.11 Å². The number of anilines is 2. The van der Waals surface area contributed by atoms with E-state index in [2.05, 4.69) is 0 Å². The Hall–Kier alpha value is -2.36. The molecular formula is C15H17NO3. The predicted octanol–water partition coefficient (Wildman–Crippen LogP) is 3.18. The number of rotatable bonds is 4. The van der Waals surface area contributed by atoms with E-state index in [-0.39, 0.29) is 5.75 Å². The summed E-state index contributed by atoms with van der Waals surface area (Å²) in [6.07, 6.45) is 0. The fraction of sp³-hybridized carbons (Fsp3) is 0.200. The molecule has 0 atom stereocenters. The van der Waals surface area contributed by atoms with E-state index in [4.69, 9.17) is 9.47 Å². The molecule has 0 aliphatic rings. The fourth-order valence-electron chi connectivity index (χ4n) is 1.86. The zero-order valence-corrected chi connectivity index (χ0v) is 11.3. The summed E-state index contributed by atoms with van der Waals surface area (Å²) in [5.74, 6) is 1.64. The molecule has 4 heteroatoms. The minimum Gasteiger partial charge on any atom is -0.508 e. The van der Waals surface area contributed by atoms with Gasteiger partial charge in [-0.1, -0.05) is 0 Å². The molecule has 0 unspecified atom stereocenters. The van der Waals surface area contributed by atoms with E-state index in [0.717, 1.165) is 11.4 Å². The van der Waals surface area contributed by atoms with Crippen LogP contribution in [0.15, 0.2) is 42.5 Å². The van der Waals surface area contributed by atoms with Gasteiger partial charge in [-0.15, -0.1) is 0 Å². The Morgan fingerprint density at radius 3 is 2.00 bits per heavy atom. The monoisotopic (exact) mass is 259 g/mol. The van der Waals surface area contributed by atoms with E-state index in [0.29, 0.717) is 11.5 Å². The molecule has 1 N–H and O–H groups in total. The summed E-state index contributed by atoms with van der Waals surface area (Å²) >= 11 is 0. The highest BCUT2D eigenvalue weighted by Gasteiger charge is 2.09. The van der Waals surface area contributed by atoms with Crippen LogP contribution in [0.3, 0.4) is 0 Å². The molecule has 0 spiro atoms. The molecule has 19 heavy (non-hydrogen) atoms. The molecule has 0 aromatic heterocycles. The molecule has 0 bridgehead atoms. The van der Waals surface area contributed by atoms with E-state index in [1.807, 2.05) is 42.3 Å². The molecule has 0 aliphatic carbocycles. The van der Waals surface area contributed by atoms with Crippen LogP contribution < -0.4 is 14.4 Å². The topological polar surface area (TPSA) is 41.9 Å². The number of hydrogen-bond acceptors (Lipinski definition) is 4. The van der Waals surface area contributed by atoms with Gasteiger partial charge in [0, 0.05) is 24.5 Å². The van der Waals surface area contributed by atoms with Crippen LogP contribution >= 0.6 is 0 Å². The van der Waals surface area contributed by atoms with Crippen molar-refractivity contribution in [2.24, 2.45) is 0 Å². The molecule has 2 aromatic carbocycles. The van der Waals surface area contributed by atoms with Crippen LogP contribution in [-0.2, 0) is 0 Å². The maximum absolute atomic E-state index is 9.30. The number of phenolic OH excluding ortho intramolecular Hbond substituents is 1. The first kappa shape index (κ1) is 13.1. The number of ether oxygens (including phenoxy) is 2. The highest BCUT2D eigenvalue weighted by Crippen LogP contribution is 2.33. The Balaban J connectivity index is 2.33. The molecule has 0 fully saturated rings. The second-order valence-corrected chi connectivity index (χ2v) is 4.11. The van der Waals surface area contributed by atoms with Crippen molar-refractivity contribution in [3.63, 3.8) is 0 Å². The third kappa shape index (κ3) is 2.73. The van der Waals surface area contributed by atoms with Gasteiger partial charge in [-0.05, 0) is 36.4 Å². The molecule has 4 nitrogen and oxygen atoms in total. The summed E-state index contributed by atoms with van der Waals surface area (Å²) in [5, 5.41) is 9.30. The third-order valence-electron chi connectivity index (χ3n) is 2.99. The highest BCUT2D eigenvalue weighted by molar-refractivity contribution is 5.66. The second-order valence-electron chi connectivity index (χ2n) is 4.11. The van der Waals surface area contributed by atoms with E-state index >= 15 is 0 Å². The van der Waals surface area contributed by atoms with Crippen molar-refractivity contribution in [1.29, 1.82) is 0 Å². The fourth-order valence-corrected chi connectivity index (χ4v) is 1.86. The first-order valence-corrected chi connectivity index (χ1v) is 5.90. The molecular weight excluding hydrogens is 242 g/mol. The van der Waals surface area contributed by atoms with Crippen molar-refractivity contribution in [2.75, 3.05) is 26.2 Å². The zero-order chi connectivity index (χ0) is 13.8. The minimum absolute atomic E-state index is 0.254. The third-order valence-corrected chi connectivity index (χ3v) is 2.99. The first-order valence-electron chi connectivity index (χ1n) is 5.90. The average molecular weight is 259 g/mol. The van der Waals surface area contributed by atoms with Gasteiger partial charge in [0.05, 0.1) is 14.2 Å². The smallest absolute Gasteiger partial charge is 0.162 e. The highest BCUT2D eigenvalue weighted by atomic mass is 16.5. The lowest BCUT2D eigenvalue weighted by molar-refractivity contribution is 0.355. The minimum atomic E-state index is 0.254. The van der Waals surface area contributed by atoms with Crippen LogP contribution in [-0.4, -0.2) is 26.4 Å². The Bertz CT molecular complexity index is 552. The molecule has 0 aliphatic heterocycles. The van der Waals surface area contributed by atoms with Gasteiger partial charge < -0.3 is 19.5 Å². The largest absolute Gasteiger partial charge is 0.508 e.